The van der Waals surface area contributed by atoms with Crippen LogP contribution in [0.15, 0.2) is 48.5 Å². The van der Waals surface area contributed by atoms with Gasteiger partial charge in [-0.3, -0.25) is 9.59 Å². The number of rotatable bonds is 9. The van der Waals surface area contributed by atoms with Crippen LogP contribution in [0.3, 0.4) is 0 Å². The van der Waals surface area contributed by atoms with E-state index in [1.165, 1.54) is 88.2 Å². The maximum Gasteiger partial charge on any atom is 1.00 e. The van der Waals surface area contributed by atoms with E-state index in [2.05, 4.69) is 52.8 Å². The Bertz CT molecular complexity index is 1340. The molecule has 0 saturated heterocycles. The molecular formula is C40H52F3K2NO4. The summed E-state index contributed by atoms with van der Waals surface area (Å²) < 4.78 is 36.5. The van der Waals surface area contributed by atoms with E-state index in [9.17, 15) is 18.0 Å². The first-order valence-corrected chi connectivity index (χ1v) is 17.5. The van der Waals surface area contributed by atoms with Gasteiger partial charge in [0.25, 0.3) is 6.47 Å². The maximum absolute atomic E-state index is 12.2. The molecule has 2 N–H and O–H groups in total. The predicted molar refractivity (Wildman–Crippen MR) is 183 cm³/mol. The van der Waals surface area contributed by atoms with Crippen LogP contribution in [0.25, 0.3) is 0 Å². The van der Waals surface area contributed by atoms with Gasteiger partial charge in [0.05, 0.1) is 0 Å². The summed E-state index contributed by atoms with van der Waals surface area (Å²) in [6.45, 7) is 0.581. The van der Waals surface area contributed by atoms with Crippen molar-refractivity contribution in [2.75, 3.05) is 6.54 Å². The van der Waals surface area contributed by atoms with Crippen LogP contribution in [0, 0.1) is 35.5 Å². The number of alkyl halides is 3. The number of Topliss-reactive ketones (excluding diaryl/α,β-unsaturated/α-hetero) is 1. The number of carbonyl (C=O) groups is 2. The minimum absolute atomic E-state index is 0. The zero-order valence-corrected chi connectivity index (χ0v) is 36.4. The molecule has 2 aromatic rings. The zero-order valence-electron chi connectivity index (χ0n) is 31.1. The molecule has 0 amide bonds. The van der Waals surface area contributed by atoms with Gasteiger partial charge in [0.2, 0.25) is 5.78 Å². The number of halogens is 3. The molecule has 0 aliphatic heterocycles. The Morgan fingerprint density at radius 2 is 1.20 bits per heavy atom. The van der Waals surface area contributed by atoms with Crippen LogP contribution in [-0.2, 0) is 27.3 Å². The van der Waals surface area contributed by atoms with Gasteiger partial charge in [0.1, 0.15) is 0 Å². The summed E-state index contributed by atoms with van der Waals surface area (Å²) in [5.41, 5.74) is 10.1. The van der Waals surface area contributed by atoms with E-state index in [0.717, 1.165) is 30.5 Å². The zero-order chi connectivity index (χ0) is 34.9. The molecule has 2 aliphatic rings. The molecule has 2 saturated carbocycles. The van der Waals surface area contributed by atoms with Crippen molar-refractivity contribution in [2.45, 2.75) is 122 Å². The summed E-state index contributed by atoms with van der Waals surface area (Å²) >= 11 is 0. The normalized spacial score (nSPS) is 14.7. The average molecular weight is 746 g/mol. The van der Waals surface area contributed by atoms with Gasteiger partial charge in [0, 0.05) is 29.4 Å². The third kappa shape index (κ3) is 24.1. The fourth-order valence-electron chi connectivity index (χ4n) is 5.89. The summed E-state index contributed by atoms with van der Waals surface area (Å²) in [5, 5.41) is 8.43. The van der Waals surface area contributed by atoms with Crippen LogP contribution in [0.4, 0.5) is 13.2 Å². The van der Waals surface area contributed by atoms with Gasteiger partial charge in [-0.05, 0) is 99.7 Å². The molecule has 0 radical (unpaired) electrons. The number of aryl methyl sites for hydroxylation is 2. The number of hydrogen-bond acceptors (Lipinski definition) is 5. The van der Waals surface area contributed by atoms with Gasteiger partial charge < -0.3 is 17.3 Å². The van der Waals surface area contributed by atoms with Gasteiger partial charge in [-0.1, -0.05) is 99.3 Å². The minimum atomic E-state index is -4.70. The van der Waals surface area contributed by atoms with E-state index in [1.807, 2.05) is 24.3 Å². The van der Waals surface area contributed by atoms with Gasteiger partial charge in [-0.25, -0.2) is 0 Å². The SMILES string of the molecule is NCCCc1cccc(C#CC2CCCCCC2)c1.O=C(CCCCc1cccc(C#CC2CCCCCC2)c1)C(F)(F)F.O=CO[O-].[H-].[K+].[K+]. The van der Waals surface area contributed by atoms with Gasteiger partial charge >= 0.3 is 109 Å². The first kappa shape index (κ1) is 49.7. The number of carbonyl (C=O) groups excluding carboxylic acids is 2. The molecule has 2 fully saturated rings. The Morgan fingerprint density at radius 3 is 1.58 bits per heavy atom. The van der Waals surface area contributed by atoms with Crippen LogP contribution in [0.2, 0.25) is 0 Å². The predicted octanol–water partition coefficient (Wildman–Crippen LogP) is 2.31. The second-order valence-electron chi connectivity index (χ2n) is 12.5. The topological polar surface area (TPSA) is 92.5 Å². The number of unbranched alkanes of at least 4 members (excludes halogenated alkanes) is 1. The van der Waals surface area contributed by atoms with Crippen molar-refractivity contribution in [3.8, 4) is 23.7 Å². The van der Waals surface area contributed by atoms with E-state index in [0.29, 0.717) is 24.7 Å². The Balaban J connectivity index is 0. The molecule has 4 rings (SSSR count). The molecule has 0 aromatic heterocycles. The van der Waals surface area contributed by atoms with Crippen LogP contribution < -0.4 is 114 Å². The third-order valence-electron chi connectivity index (χ3n) is 8.55. The summed E-state index contributed by atoms with van der Waals surface area (Å²) in [6.07, 6.45) is 14.1. The fraction of sp³-hybridized carbons (Fsp3) is 0.550. The maximum atomic E-state index is 12.2. The Labute approximate surface area is 384 Å². The summed E-state index contributed by atoms with van der Waals surface area (Å²) in [4.78, 5) is 22.1. The number of hydrogen-bond donors (Lipinski definition) is 1. The molecule has 0 atom stereocenters. The van der Waals surface area contributed by atoms with Crippen LogP contribution in [0.5, 0.6) is 0 Å². The summed E-state index contributed by atoms with van der Waals surface area (Å²) in [5.74, 6) is 13.0. The first-order valence-electron chi connectivity index (χ1n) is 17.5. The quantitative estimate of drug-likeness (QED) is 0.0810. The molecule has 0 spiro atoms. The standard InChI is InChI=1S/C21H25F3O.C18H25N.CH2O3.2K.H/c22-21(23,24)20(25)13-6-5-10-18-11-7-12-19(16-18)15-14-17-8-3-1-2-4-9-17;19-14-6-11-17-9-5-10-18(15-17)13-12-16-7-3-1-2-4-8-16;2-1-4-3;;;/h7,11-12,16-17H,1-6,8-10,13H2;5,9-10,15-16H,1-4,6-8,11,14,19H2;1,3H;;;/q;;;2*+1;-1/p-1. The fourth-order valence-corrected chi connectivity index (χ4v) is 5.89. The minimum Gasteiger partial charge on any atom is -1.00 e. The largest absolute Gasteiger partial charge is 1.00 e. The van der Waals surface area contributed by atoms with Crippen molar-refractivity contribution in [1.82, 2.24) is 0 Å². The smallest absolute Gasteiger partial charge is 1.00 e. The molecule has 264 valence electrons. The van der Waals surface area contributed by atoms with Crippen molar-refractivity contribution in [3.63, 3.8) is 0 Å². The van der Waals surface area contributed by atoms with E-state index in [1.54, 1.807) is 0 Å². The van der Waals surface area contributed by atoms with Gasteiger partial charge in [0.15, 0.2) is 0 Å². The molecule has 5 nitrogen and oxygen atoms in total. The van der Waals surface area contributed by atoms with Crippen molar-refractivity contribution in [3.05, 3.63) is 70.8 Å². The molecular weight excluding hydrogens is 694 g/mol. The van der Waals surface area contributed by atoms with Gasteiger partial charge in [-0.15, -0.1) is 0 Å². The van der Waals surface area contributed by atoms with E-state index in [4.69, 9.17) is 15.8 Å². The molecule has 2 aromatic carbocycles. The van der Waals surface area contributed by atoms with Crippen molar-refractivity contribution < 1.29 is 137 Å². The van der Waals surface area contributed by atoms with Crippen molar-refractivity contribution >= 4 is 12.3 Å². The molecule has 0 heterocycles. The molecule has 0 unspecified atom stereocenters. The summed E-state index contributed by atoms with van der Waals surface area (Å²) in [6, 6.07) is 16.5. The second kappa shape index (κ2) is 31.1. The Hall–Kier alpha value is -0.317. The van der Waals surface area contributed by atoms with Crippen molar-refractivity contribution in [1.29, 1.82) is 0 Å². The second-order valence-corrected chi connectivity index (χ2v) is 12.5. The summed E-state index contributed by atoms with van der Waals surface area (Å²) in [7, 11) is 0. The molecule has 0 bridgehead atoms. The van der Waals surface area contributed by atoms with E-state index in [-0.39, 0.29) is 117 Å². The molecule has 2 aliphatic carbocycles. The van der Waals surface area contributed by atoms with E-state index < -0.39 is 18.4 Å². The monoisotopic (exact) mass is 745 g/mol. The first-order chi connectivity index (χ1) is 23.2. The number of benzene rings is 2. The van der Waals surface area contributed by atoms with Crippen LogP contribution in [0.1, 0.15) is 126 Å². The third-order valence-corrected chi connectivity index (χ3v) is 8.55. The number of ketones is 1. The van der Waals surface area contributed by atoms with Crippen LogP contribution >= 0.6 is 0 Å². The Morgan fingerprint density at radius 1 is 0.780 bits per heavy atom. The van der Waals surface area contributed by atoms with Gasteiger partial charge in [-0.2, -0.15) is 13.2 Å². The van der Waals surface area contributed by atoms with E-state index >= 15 is 0 Å². The van der Waals surface area contributed by atoms with Crippen LogP contribution in [-0.4, -0.2) is 25.0 Å². The molecule has 10 heteroatoms. The van der Waals surface area contributed by atoms with Crippen molar-refractivity contribution in [2.24, 2.45) is 17.6 Å². The average Bonchev–Trinajstić information content (AvgIpc) is 3.53. The molecule has 50 heavy (non-hydrogen) atoms. The number of nitrogens with two attached hydrogens (primary N) is 1. The Kier molecular flexibility index (Phi) is 30.9.